The summed E-state index contributed by atoms with van der Waals surface area (Å²) >= 11 is 4.92. The summed E-state index contributed by atoms with van der Waals surface area (Å²) in [4.78, 5) is 13.5. The van der Waals surface area contributed by atoms with E-state index < -0.39 is 0 Å². The molecule has 0 N–H and O–H groups in total. The van der Waals surface area contributed by atoms with Crippen LogP contribution in [0.15, 0.2) is 56.7 Å². The summed E-state index contributed by atoms with van der Waals surface area (Å²) in [6, 6.07) is 14.9. The van der Waals surface area contributed by atoms with Crippen LogP contribution in [0.2, 0.25) is 0 Å². The Morgan fingerprint density at radius 3 is 2.40 bits per heavy atom. The van der Waals surface area contributed by atoms with Crippen LogP contribution < -0.4 is 0 Å². The van der Waals surface area contributed by atoms with Crippen molar-refractivity contribution in [2.45, 2.75) is 9.79 Å². The van der Waals surface area contributed by atoms with Crippen molar-refractivity contribution in [2.75, 3.05) is 7.11 Å². The minimum Gasteiger partial charge on any atom is -0.465 e. The van der Waals surface area contributed by atoms with E-state index in [1.54, 1.807) is 30.0 Å². The summed E-state index contributed by atoms with van der Waals surface area (Å²) in [5, 5.41) is 8.75. The van der Waals surface area contributed by atoms with Gasteiger partial charge in [0.05, 0.1) is 24.3 Å². The predicted octanol–water partition coefficient (Wildman–Crippen LogP) is 4.26. The number of carbonyl (C=O) groups is 1. The number of carbonyl (C=O) groups excluding carboxylic acids is 1. The average molecular weight is 348 g/mol. The Labute approximate surface area is 129 Å². The van der Waals surface area contributed by atoms with E-state index in [1.165, 1.54) is 7.11 Å². The average Bonchev–Trinajstić information content (AvgIpc) is 2.47. The van der Waals surface area contributed by atoms with Crippen LogP contribution in [0, 0.1) is 11.3 Å². The predicted molar refractivity (Wildman–Crippen MR) is 80.8 cm³/mol. The number of hydrogen-bond acceptors (Lipinski definition) is 4. The molecule has 0 heterocycles. The Kier molecular flexibility index (Phi) is 4.83. The van der Waals surface area contributed by atoms with Gasteiger partial charge in [-0.05, 0) is 58.4 Å². The van der Waals surface area contributed by atoms with Gasteiger partial charge in [0.1, 0.15) is 0 Å². The Morgan fingerprint density at radius 2 is 1.85 bits per heavy atom. The first kappa shape index (κ1) is 14.6. The molecular formula is C15H10BrNO2S. The zero-order valence-corrected chi connectivity index (χ0v) is 13.0. The van der Waals surface area contributed by atoms with E-state index in [0.29, 0.717) is 15.6 Å². The maximum absolute atomic E-state index is 11.5. The first-order chi connectivity index (χ1) is 9.63. The normalized spacial score (nSPS) is 9.85. The molecule has 0 atom stereocenters. The fourth-order valence-corrected chi connectivity index (χ4v) is 3.12. The molecule has 0 saturated heterocycles. The van der Waals surface area contributed by atoms with E-state index in [2.05, 4.69) is 22.0 Å². The summed E-state index contributed by atoms with van der Waals surface area (Å²) in [6.07, 6.45) is 0. The van der Waals surface area contributed by atoms with Crippen molar-refractivity contribution >= 4 is 33.7 Å². The minimum atomic E-state index is -0.369. The number of esters is 1. The monoisotopic (exact) mass is 347 g/mol. The Bertz CT molecular complexity index is 677. The fraction of sp³-hybridized carbons (Fsp3) is 0.0667. The van der Waals surface area contributed by atoms with Crippen LogP contribution >= 0.6 is 27.7 Å². The van der Waals surface area contributed by atoms with Crippen molar-refractivity contribution in [3.05, 3.63) is 58.1 Å². The van der Waals surface area contributed by atoms with Crippen LogP contribution in [-0.2, 0) is 4.74 Å². The van der Waals surface area contributed by atoms with E-state index >= 15 is 0 Å². The first-order valence-corrected chi connectivity index (χ1v) is 7.31. The molecule has 0 aliphatic heterocycles. The number of nitrogens with zero attached hydrogens (tertiary/aromatic N) is 1. The van der Waals surface area contributed by atoms with Gasteiger partial charge in [-0.3, -0.25) is 0 Å². The molecule has 0 unspecified atom stereocenters. The van der Waals surface area contributed by atoms with E-state index in [0.717, 1.165) is 9.79 Å². The molecular weight excluding hydrogens is 338 g/mol. The fourth-order valence-electron chi connectivity index (χ4n) is 1.57. The van der Waals surface area contributed by atoms with Crippen LogP contribution in [0.4, 0.5) is 0 Å². The van der Waals surface area contributed by atoms with Crippen molar-refractivity contribution in [3.8, 4) is 6.07 Å². The topological polar surface area (TPSA) is 50.1 Å². The number of nitriles is 1. The zero-order valence-electron chi connectivity index (χ0n) is 10.6. The molecule has 0 aromatic heterocycles. The van der Waals surface area contributed by atoms with Gasteiger partial charge in [-0.15, -0.1) is 0 Å². The second-order valence-electron chi connectivity index (χ2n) is 3.87. The van der Waals surface area contributed by atoms with Crippen molar-refractivity contribution in [3.63, 3.8) is 0 Å². The number of hydrogen-bond donors (Lipinski definition) is 0. The second kappa shape index (κ2) is 6.60. The molecule has 2 aromatic rings. The lowest BCUT2D eigenvalue weighted by molar-refractivity contribution is 0.0599. The van der Waals surface area contributed by atoms with Crippen LogP contribution in [0.3, 0.4) is 0 Å². The molecule has 0 aliphatic rings. The summed E-state index contributed by atoms with van der Waals surface area (Å²) < 4.78 is 5.39. The van der Waals surface area contributed by atoms with Gasteiger partial charge in [-0.1, -0.05) is 11.8 Å². The molecule has 0 bridgehead atoms. The highest BCUT2D eigenvalue weighted by Crippen LogP contribution is 2.31. The third kappa shape index (κ3) is 3.41. The summed E-state index contributed by atoms with van der Waals surface area (Å²) in [5.41, 5.74) is 1.13. The largest absolute Gasteiger partial charge is 0.465 e. The molecule has 3 nitrogen and oxygen atoms in total. The lowest BCUT2D eigenvalue weighted by Gasteiger charge is -2.06. The SMILES string of the molecule is COC(=O)c1ccc(Sc2ccc(C#N)cc2)cc1Br. The van der Waals surface area contributed by atoms with E-state index in [1.807, 2.05) is 24.3 Å². The van der Waals surface area contributed by atoms with Crippen molar-refractivity contribution in [2.24, 2.45) is 0 Å². The molecule has 5 heteroatoms. The molecule has 2 aromatic carbocycles. The highest BCUT2D eigenvalue weighted by atomic mass is 79.9. The molecule has 20 heavy (non-hydrogen) atoms. The van der Waals surface area contributed by atoms with Gasteiger partial charge in [-0.2, -0.15) is 5.26 Å². The van der Waals surface area contributed by atoms with E-state index in [-0.39, 0.29) is 5.97 Å². The quantitative estimate of drug-likeness (QED) is 0.778. The molecule has 0 saturated carbocycles. The van der Waals surface area contributed by atoms with Crippen LogP contribution in [-0.4, -0.2) is 13.1 Å². The first-order valence-electron chi connectivity index (χ1n) is 5.70. The van der Waals surface area contributed by atoms with Gasteiger partial charge < -0.3 is 4.74 Å². The third-order valence-electron chi connectivity index (χ3n) is 2.56. The van der Waals surface area contributed by atoms with Gasteiger partial charge in [0.15, 0.2) is 0 Å². The van der Waals surface area contributed by atoms with Gasteiger partial charge in [0, 0.05) is 14.3 Å². The second-order valence-corrected chi connectivity index (χ2v) is 5.87. The van der Waals surface area contributed by atoms with Gasteiger partial charge >= 0.3 is 5.97 Å². The zero-order chi connectivity index (χ0) is 14.5. The third-order valence-corrected chi connectivity index (χ3v) is 4.22. The molecule has 100 valence electrons. The smallest absolute Gasteiger partial charge is 0.339 e. The van der Waals surface area contributed by atoms with E-state index in [9.17, 15) is 4.79 Å². The minimum absolute atomic E-state index is 0.369. The maximum Gasteiger partial charge on any atom is 0.339 e. The standard InChI is InChI=1S/C15H10BrNO2S/c1-19-15(18)13-7-6-12(8-14(13)16)20-11-4-2-10(9-17)3-5-11/h2-8H,1H3. The Balaban J connectivity index is 2.20. The van der Waals surface area contributed by atoms with Crippen LogP contribution in [0.1, 0.15) is 15.9 Å². The van der Waals surface area contributed by atoms with Crippen molar-refractivity contribution < 1.29 is 9.53 Å². The molecule has 0 fully saturated rings. The molecule has 0 spiro atoms. The number of benzene rings is 2. The molecule has 0 radical (unpaired) electrons. The van der Waals surface area contributed by atoms with Gasteiger partial charge in [-0.25, -0.2) is 4.79 Å². The lowest BCUT2D eigenvalue weighted by Crippen LogP contribution is -2.01. The van der Waals surface area contributed by atoms with Crippen LogP contribution in [0.25, 0.3) is 0 Å². The highest BCUT2D eigenvalue weighted by Gasteiger charge is 2.10. The number of halogens is 1. The molecule has 0 amide bonds. The summed E-state index contributed by atoms with van der Waals surface area (Å²) in [6.45, 7) is 0. The molecule has 0 aliphatic carbocycles. The van der Waals surface area contributed by atoms with Crippen molar-refractivity contribution in [1.82, 2.24) is 0 Å². The van der Waals surface area contributed by atoms with Crippen molar-refractivity contribution in [1.29, 1.82) is 5.26 Å². The summed E-state index contributed by atoms with van der Waals surface area (Å²) in [5.74, 6) is -0.369. The van der Waals surface area contributed by atoms with Gasteiger partial charge in [0.25, 0.3) is 0 Å². The summed E-state index contributed by atoms with van der Waals surface area (Å²) in [7, 11) is 1.36. The maximum atomic E-state index is 11.5. The Hall–Kier alpha value is -1.77. The van der Waals surface area contributed by atoms with Crippen LogP contribution in [0.5, 0.6) is 0 Å². The Morgan fingerprint density at radius 1 is 1.20 bits per heavy atom. The van der Waals surface area contributed by atoms with E-state index in [4.69, 9.17) is 10.00 Å². The molecule has 2 rings (SSSR count). The number of ether oxygens (including phenoxy) is 1. The lowest BCUT2D eigenvalue weighted by atomic mass is 10.2. The van der Waals surface area contributed by atoms with Gasteiger partial charge in [0.2, 0.25) is 0 Å². The number of rotatable bonds is 3. The highest BCUT2D eigenvalue weighted by molar-refractivity contribution is 9.10. The number of methoxy groups -OCH3 is 1.